The van der Waals surface area contributed by atoms with E-state index in [-0.39, 0.29) is 0 Å². The van der Waals surface area contributed by atoms with Crippen LogP contribution in [0.5, 0.6) is 0 Å². The van der Waals surface area contributed by atoms with Gasteiger partial charge in [-0.05, 0) is 26.3 Å². The quantitative estimate of drug-likeness (QED) is 0.613. The molecule has 1 rings (SSSR count). The normalized spacial score (nSPS) is 33.0. The number of likely N-dealkylation sites (N-methyl/N-ethyl adjacent to an activating group) is 1. The van der Waals surface area contributed by atoms with Crippen molar-refractivity contribution in [2.75, 3.05) is 26.8 Å². The highest BCUT2D eigenvalue weighted by Crippen LogP contribution is 2.20. The molecule has 0 aliphatic carbocycles. The number of ether oxygens (including phenoxy) is 1. The SMILES string of the molecule is CCOC[C@@H]1C[C@@H](C)CN1C. The van der Waals surface area contributed by atoms with Gasteiger partial charge in [0.1, 0.15) is 0 Å². The molecule has 1 fully saturated rings. The zero-order chi connectivity index (χ0) is 8.27. The maximum atomic E-state index is 5.39. The van der Waals surface area contributed by atoms with Crippen molar-refractivity contribution in [3.05, 3.63) is 0 Å². The Balaban J connectivity index is 2.23. The molecule has 0 spiro atoms. The number of hydrogen-bond donors (Lipinski definition) is 0. The Morgan fingerprint density at radius 2 is 2.27 bits per heavy atom. The molecule has 1 saturated heterocycles. The Bertz CT molecular complexity index is 116. The van der Waals surface area contributed by atoms with Crippen LogP contribution in [0.4, 0.5) is 0 Å². The van der Waals surface area contributed by atoms with E-state index in [0.717, 1.165) is 19.1 Å². The number of hydrogen-bond acceptors (Lipinski definition) is 2. The predicted molar refractivity (Wildman–Crippen MR) is 46.7 cm³/mol. The van der Waals surface area contributed by atoms with Crippen LogP contribution in [-0.4, -0.2) is 37.7 Å². The first kappa shape index (κ1) is 9.01. The summed E-state index contributed by atoms with van der Waals surface area (Å²) >= 11 is 0. The summed E-state index contributed by atoms with van der Waals surface area (Å²) in [6.45, 7) is 7.36. The summed E-state index contributed by atoms with van der Waals surface area (Å²) < 4.78 is 5.39. The van der Waals surface area contributed by atoms with Crippen LogP contribution in [0.25, 0.3) is 0 Å². The summed E-state index contributed by atoms with van der Waals surface area (Å²) in [5, 5.41) is 0. The Labute approximate surface area is 69.5 Å². The fraction of sp³-hybridized carbons (Fsp3) is 1.00. The van der Waals surface area contributed by atoms with Gasteiger partial charge in [0.05, 0.1) is 6.61 Å². The molecule has 0 amide bonds. The molecule has 11 heavy (non-hydrogen) atoms. The van der Waals surface area contributed by atoms with Crippen molar-refractivity contribution in [2.24, 2.45) is 5.92 Å². The van der Waals surface area contributed by atoms with Crippen molar-refractivity contribution < 1.29 is 4.74 Å². The molecule has 1 heterocycles. The summed E-state index contributed by atoms with van der Waals surface area (Å²) in [7, 11) is 2.19. The van der Waals surface area contributed by atoms with E-state index in [9.17, 15) is 0 Å². The monoisotopic (exact) mass is 157 g/mol. The molecule has 0 aromatic carbocycles. The minimum absolute atomic E-state index is 0.671. The highest BCUT2D eigenvalue weighted by atomic mass is 16.5. The van der Waals surface area contributed by atoms with Crippen molar-refractivity contribution in [3.8, 4) is 0 Å². The van der Waals surface area contributed by atoms with Crippen molar-refractivity contribution >= 4 is 0 Å². The fourth-order valence-corrected chi connectivity index (χ4v) is 1.81. The Kier molecular flexibility index (Phi) is 3.34. The predicted octanol–water partition coefficient (Wildman–Crippen LogP) is 1.36. The summed E-state index contributed by atoms with van der Waals surface area (Å²) in [4.78, 5) is 2.40. The third-order valence-corrected chi connectivity index (χ3v) is 2.41. The molecule has 0 radical (unpaired) electrons. The van der Waals surface area contributed by atoms with Crippen molar-refractivity contribution in [2.45, 2.75) is 26.3 Å². The first-order valence-corrected chi connectivity index (χ1v) is 4.52. The third kappa shape index (κ3) is 2.46. The summed E-state index contributed by atoms with van der Waals surface area (Å²) in [5.74, 6) is 0.852. The van der Waals surface area contributed by atoms with Gasteiger partial charge < -0.3 is 9.64 Å². The molecule has 66 valence electrons. The van der Waals surface area contributed by atoms with Gasteiger partial charge in [-0.15, -0.1) is 0 Å². The van der Waals surface area contributed by atoms with Crippen LogP contribution in [0.15, 0.2) is 0 Å². The summed E-state index contributed by atoms with van der Waals surface area (Å²) in [5.41, 5.74) is 0. The average molecular weight is 157 g/mol. The Morgan fingerprint density at radius 3 is 2.73 bits per heavy atom. The molecule has 0 aromatic heterocycles. The van der Waals surface area contributed by atoms with Crippen molar-refractivity contribution in [1.29, 1.82) is 0 Å². The van der Waals surface area contributed by atoms with E-state index in [4.69, 9.17) is 4.74 Å². The van der Waals surface area contributed by atoms with Gasteiger partial charge in [-0.25, -0.2) is 0 Å². The molecular weight excluding hydrogens is 138 g/mol. The van der Waals surface area contributed by atoms with Crippen LogP contribution in [0.3, 0.4) is 0 Å². The Hall–Kier alpha value is -0.0800. The number of rotatable bonds is 3. The lowest BCUT2D eigenvalue weighted by Gasteiger charge is -2.18. The summed E-state index contributed by atoms with van der Waals surface area (Å²) in [6.07, 6.45) is 1.30. The van der Waals surface area contributed by atoms with Gasteiger partial charge in [0.25, 0.3) is 0 Å². The minimum atomic E-state index is 0.671. The maximum Gasteiger partial charge on any atom is 0.0621 e. The van der Waals surface area contributed by atoms with E-state index in [0.29, 0.717) is 6.04 Å². The lowest BCUT2D eigenvalue weighted by atomic mass is 10.1. The van der Waals surface area contributed by atoms with Crippen molar-refractivity contribution in [3.63, 3.8) is 0 Å². The Morgan fingerprint density at radius 1 is 1.55 bits per heavy atom. The molecule has 1 aliphatic rings. The standard InChI is InChI=1S/C9H19NO/c1-4-11-7-9-5-8(2)6-10(9)3/h8-9H,4-7H2,1-3H3/t8-,9+/m1/s1. The van der Waals surface area contributed by atoms with Crippen LogP contribution in [0.1, 0.15) is 20.3 Å². The largest absolute Gasteiger partial charge is 0.380 e. The lowest BCUT2D eigenvalue weighted by molar-refractivity contribution is 0.0950. The first-order valence-electron chi connectivity index (χ1n) is 4.52. The van der Waals surface area contributed by atoms with Gasteiger partial charge in [0.15, 0.2) is 0 Å². The van der Waals surface area contributed by atoms with Crippen LogP contribution in [0, 0.1) is 5.92 Å². The van der Waals surface area contributed by atoms with Gasteiger partial charge in [-0.2, -0.15) is 0 Å². The molecular formula is C9H19NO. The van der Waals surface area contributed by atoms with E-state index < -0.39 is 0 Å². The fourth-order valence-electron chi connectivity index (χ4n) is 1.81. The molecule has 1 aliphatic heterocycles. The van der Waals surface area contributed by atoms with Crippen LogP contribution in [0.2, 0.25) is 0 Å². The number of likely N-dealkylation sites (tertiary alicyclic amines) is 1. The van der Waals surface area contributed by atoms with Crippen LogP contribution >= 0.6 is 0 Å². The minimum Gasteiger partial charge on any atom is -0.380 e. The van der Waals surface area contributed by atoms with Gasteiger partial charge in [-0.1, -0.05) is 6.92 Å². The van der Waals surface area contributed by atoms with Crippen LogP contribution in [-0.2, 0) is 4.74 Å². The topological polar surface area (TPSA) is 12.5 Å². The highest BCUT2D eigenvalue weighted by molar-refractivity contribution is 4.80. The van der Waals surface area contributed by atoms with Gasteiger partial charge in [0, 0.05) is 19.2 Å². The van der Waals surface area contributed by atoms with Gasteiger partial charge in [0.2, 0.25) is 0 Å². The molecule has 0 bridgehead atoms. The van der Waals surface area contributed by atoms with E-state index in [1.54, 1.807) is 0 Å². The van der Waals surface area contributed by atoms with Gasteiger partial charge in [-0.3, -0.25) is 0 Å². The second-order valence-corrected chi connectivity index (χ2v) is 3.59. The molecule has 2 nitrogen and oxygen atoms in total. The summed E-state index contributed by atoms with van der Waals surface area (Å²) in [6, 6.07) is 0.671. The van der Waals surface area contributed by atoms with E-state index in [1.807, 2.05) is 0 Å². The van der Waals surface area contributed by atoms with Gasteiger partial charge >= 0.3 is 0 Å². The van der Waals surface area contributed by atoms with Crippen molar-refractivity contribution in [1.82, 2.24) is 4.90 Å². The van der Waals surface area contributed by atoms with E-state index in [1.165, 1.54) is 13.0 Å². The second-order valence-electron chi connectivity index (χ2n) is 3.59. The maximum absolute atomic E-state index is 5.39. The second kappa shape index (κ2) is 4.07. The zero-order valence-electron chi connectivity index (χ0n) is 7.84. The third-order valence-electron chi connectivity index (χ3n) is 2.41. The molecule has 0 unspecified atom stereocenters. The van der Waals surface area contributed by atoms with E-state index in [2.05, 4.69) is 25.8 Å². The molecule has 2 heteroatoms. The molecule has 0 saturated carbocycles. The van der Waals surface area contributed by atoms with E-state index >= 15 is 0 Å². The highest BCUT2D eigenvalue weighted by Gasteiger charge is 2.25. The first-order chi connectivity index (χ1) is 5.24. The molecule has 0 N–H and O–H groups in total. The average Bonchev–Trinajstić information content (AvgIpc) is 2.26. The van der Waals surface area contributed by atoms with Crippen LogP contribution < -0.4 is 0 Å². The molecule has 2 atom stereocenters. The zero-order valence-corrected chi connectivity index (χ0v) is 7.84. The lowest BCUT2D eigenvalue weighted by Crippen LogP contribution is -2.29. The smallest absolute Gasteiger partial charge is 0.0621 e. The number of nitrogens with zero attached hydrogens (tertiary/aromatic N) is 1. The molecule has 0 aromatic rings.